The van der Waals surface area contributed by atoms with Gasteiger partial charge >= 0.3 is 0 Å². The SMILES string of the molecule is CN(CC1CC2CCC1C2)C(=O)c1cc(Cl)ccc1O. The number of amides is 1. The van der Waals surface area contributed by atoms with Gasteiger partial charge in [0.15, 0.2) is 0 Å². The molecule has 0 radical (unpaired) electrons. The first-order valence-corrected chi connectivity index (χ1v) is 7.66. The first-order valence-electron chi connectivity index (χ1n) is 7.28. The summed E-state index contributed by atoms with van der Waals surface area (Å²) < 4.78 is 0. The van der Waals surface area contributed by atoms with Crippen molar-refractivity contribution in [3.63, 3.8) is 0 Å². The van der Waals surface area contributed by atoms with Gasteiger partial charge in [-0.25, -0.2) is 0 Å². The number of carbonyl (C=O) groups is 1. The van der Waals surface area contributed by atoms with Crippen molar-refractivity contribution in [1.82, 2.24) is 4.90 Å². The van der Waals surface area contributed by atoms with Gasteiger partial charge in [-0.05, 0) is 55.2 Å². The van der Waals surface area contributed by atoms with Crippen LogP contribution in [0.4, 0.5) is 0 Å². The highest BCUT2D eigenvalue weighted by Gasteiger charge is 2.40. The van der Waals surface area contributed by atoms with E-state index in [0.717, 1.165) is 18.4 Å². The molecule has 3 unspecified atom stereocenters. The molecule has 3 nitrogen and oxygen atoms in total. The second-order valence-corrected chi connectivity index (χ2v) is 6.72. The van der Waals surface area contributed by atoms with E-state index in [1.807, 2.05) is 7.05 Å². The molecule has 1 aromatic carbocycles. The van der Waals surface area contributed by atoms with Crippen molar-refractivity contribution in [1.29, 1.82) is 0 Å². The Bertz CT molecular complexity index is 531. The Hall–Kier alpha value is -1.22. The van der Waals surface area contributed by atoms with E-state index < -0.39 is 0 Å². The predicted octanol–water partition coefficient (Wildman–Crippen LogP) is 3.55. The van der Waals surface area contributed by atoms with Crippen LogP contribution >= 0.6 is 11.6 Å². The van der Waals surface area contributed by atoms with Crippen LogP contribution < -0.4 is 0 Å². The summed E-state index contributed by atoms with van der Waals surface area (Å²) in [5.41, 5.74) is 0.295. The predicted molar refractivity (Wildman–Crippen MR) is 79.0 cm³/mol. The third-order valence-corrected chi connectivity index (χ3v) is 5.16. The van der Waals surface area contributed by atoms with Gasteiger partial charge in [0.1, 0.15) is 5.75 Å². The van der Waals surface area contributed by atoms with Crippen molar-refractivity contribution in [2.24, 2.45) is 17.8 Å². The van der Waals surface area contributed by atoms with Crippen molar-refractivity contribution < 1.29 is 9.90 Å². The van der Waals surface area contributed by atoms with Gasteiger partial charge in [-0.2, -0.15) is 0 Å². The number of halogens is 1. The minimum atomic E-state index is -0.146. The topological polar surface area (TPSA) is 40.5 Å². The molecule has 1 amide bonds. The summed E-state index contributed by atoms with van der Waals surface area (Å²) in [6, 6.07) is 4.60. The zero-order valence-electron chi connectivity index (χ0n) is 11.7. The standard InChI is InChI=1S/C16H20ClNO2/c1-18(9-12-7-10-2-3-11(12)6-10)16(20)14-8-13(17)4-5-15(14)19/h4-5,8,10-12,19H,2-3,6-7,9H2,1H3. The summed E-state index contributed by atoms with van der Waals surface area (Å²) in [4.78, 5) is 14.2. The molecule has 2 fully saturated rings. The molecule has 0 saturated heterocycles. The van der Waals surface area contributed by atoms with E-state index in [9.17, 15) is 9.90 Å². The largest absolute Gasteiger partial charge is 0.507 e. The Morgan fingerprint density at radius 1 is 1.40 bits per heavy atom. The second kappa shape index (κ2) is 5.28. The molecule has 0 spiro atoms. The summed E-state index contributed by atoms with van der Waals surface area (Å²) in [7, 11) is 1.81. The number of phenolic OH excluding ortho intramolecular Hbond substituents is 1. The Labute approximate surface area is 124 Å². The minimum Gasteiger partial charge on any atom is -0.507 e. The van der Waals surface area contributed by atoms with Crippen LogP contribution in [0.3, 0.4) is 0 Å². The highest BCUT2D eigenvalue weighted by Crippen LogP contribution is 2.48. The maximum Gasteiger partial charge on any atom is 0.257 e. The Morgan fingerprint density at radius 2 is 2.20 bits per heavy atom. The van der Waals surface area contributed by atoms with Crippen molar-refractivity contribution >= 4 is 17.5 Å². The molecular weight excluding hydrogens is 274 g/mol. The van der Waals surface area contributed by atoms with E-state index >= 15 is 0 Å². The van der Waals surface area contributed by atoms with Gasteiger partial charge in [0.05, 0.1) is 5.56 Å². The first-order chi connectivity index (χ1) is 9.54. The van der Waals surface area contributed by atoms with E-state index in [2.05, 4.69) is 0 Å². The van der Waals surface area contributed by atoms with Crippen LogP contribution in [0.5, 0.6) is 5.75 Å². The van der Waals surface area contributed by atoms with Gasteiger partial charge < -0.3 is 10.0 Å². The fourth-order valence-corrected chi connectivity index (χ4v) is 4.09. The molecule has 3 atom stereocenters. The minimum absolute atomic E-state index is 0.000748. The van der Waals surface area contributed by atoms with Crippen LogP contribution in [0.2, 0.25) is 5.02 Å². The Morgan fingerprint density at radius 3 is 2.85 bits per heavy atom. The van der Waals surface area contributed by atoms with E-state index in [1.165, 1.54) is 37.8 Å². The normalized spacial score (nSPS) is 27.8. The zero-order chi connectivity index (χ0) is 14.3. The van der Waals surface area contributed by atoms with E-state index in [4.69, 9.17) is 11.6 Å². The van der Waals surface area contributed by atoms with Crippen LogP contribution in [-0.4, -0.2) is 29.5 Å². The van der Waals surface area contributed by atoms with Crippen molar-refractivity contribution in [3.05, 3.63) is 28.8 Å². The van der Waals surface area contributed by atoms with Crippen LogP contribution in [0, 0.1) is 17.8 Å². The molecule has 2 aliphatic rings. The number of nitrogens with zero attached hydrogens (tertiary/aromatic N) is 1. The van der Waals surface area contributed by atoms with E-state index in [0.29, 0.717) is 16.5 Å². The lowest BCUT2D eigenvalue weighted by Crippen LogP contribution is -2.33. The lowest BCUT2D eigenvalue weighted by molar-refractivity contribution is 0.0751. The van der Waals surface area contributed by atoms with Gasteiger partial charge in [0, 0.05) is 18.6 Å². The second-order valence-electron chi connectivity index (χ2n) is 6.28. The Balaban J connectivity index is 1.69. The summed E-state index contributed by atoms with van der Waals surface area (Å²) in [5, 5.41) is 10.3. The average molecular weight is 294 g/mol. The number of rotatable bonds is 3. The molecule has 0 aliphatic heterocycles. The molecule has 3 rings (SSSR count). The molecule has 2 aliphatic carbocycles. The molecule has 1 aromatic rings. The number of fused-ring (bicyclic) bond motifs is 2. The van der Waals surface area contributed by atoms with Gasteiger partial charge in [-0.15, -0.1) is 0 Å². The van der Waals surface area contributed by atoms with Gasteiger partial charge in [0.2, 0.25) is 0 Å². The third-order valence-electron chi connectivity index (χ3n) is 4.93. The molecule has 0 aromatic heterocycles. The number of benzene rings is 1. The summed E-state index contributed by atoms with van der Waals surface area (Å²) in [5.74, 6) is 2.16. The molecule has 1 N–H and O–H groups in total. The van der Waals surface area contributed by atoms with Crippen molar-refractivity contribution in [3.8, 4) is 5.75 Å². The summed E-state index contributed by atoms with van der Waals surface area (Å²) in [6.45, 7) is 0.784. The molecular formula is C16H20ClNO2. The van der Waals surface area contributed by atoms with Gasteiger partial charge in [-0.3, -0.25) is 4.79 Å². The van der Waals surface area contributed by atoms with Crippen LogP contribution in [0.1, 0.15) is 36.0 Å². The third kappa shape index (κ3) is 2.51. The fraction of sp³-hybridized carbons (Fsp3) is 0.562. The highest BCUT2D eigenvalue weighted by molar-refractivity contribution is 6.31. The first kappa shape index (κ1) is 13.7. The molecule has 2 bridgehead atoms. The van der Waals surface area contributed by atoms with Crippen molar-refractivity contribution in [2.75, 3.05) is 13.6 Å². The lowest BCUT2D eigenvalue weighted by atomic mass is 9.88. The molecule has 4 heteroatoms. The Kier molecular flexibility index (Phi) is 3.63. The smallest absolute Gasteiger partial charge is 0.257 e. The molecule has 2 saturated carbocycles. The molecule has 108 valence electrons. The number of phenols is 1. The summed E-state index contributed by atoms with van der Waals surface area (Å²) in [6.07, 6.45) is 5.28. The number of hydrogen-bond donors (Lipinski definition) is 1. The van der Waals surface area contributed by atoms with Crippen LogP contribution in [0.25, 0.3) is 0 Å². The van der Waals surface area contributed by atoms with Gasteiger partial charge in [0.25, 0.3) is 5.91 Å². The maximum atomic E-state index is 12.4. The highest BCUT2D eigenvalue weighted by atomic mass is 35.5. The van der Waals surface area contributed by atoms with Gasteiger partial charge in [-0.1, -0.05) is 18.0 Å². The summed E-state index contributed by atoms with van der Waals surface area (Å²) >= 11 is 5.91. The number of carbonyl (C=O) groups excluding carboxylic acids is 1. The monoisotopic (exact) mass is 293 g/mol. The molecule has 20 heavy (non-hydrogen) atoms. The quantitative estimate of drug-likeness (QED) is 0.926. The van der Waals surface area contributed by atoms with Crippen LogP contribution in [-0.2, 0) is 0 Å². The van der Waals surface area contributed by atoms with E-state index in [1.54, 1.807) is 11.0 Å². The maximum absolute atomic E-state index is 12.4. The zero-order valence-corrected chi connectivity index (χ0v) is 12.4. The average Bonchev–Trinajstić information content (AvgIpc) is 3.03. The number of hydrogen-bond acceptors (Lipinski definition) is 2. The van der Waals surface area contributed by atoms with Crippen LogP contribution in [0.15, 0.2) is 18.2 Å². The molecule has 0 heterocycles. The van der Waals surface area contributed by atoms with E-state index in [-0.39, 0.29) is 11.7 Å². The lowest BCUT2D eigenvalue weighted by Gasteiger charge is -2.27. The number of aromatic hydroxyl groups is 1. The van der Waals surface area contributed by atoms with Crippen molar-refractivity contribution in [2.45, 2.75) is 25.7 Å². The fourth-order valence-electron chi connectivity index (χ4n) is 3.92.